The molecule has 6 nitrogen and oxygen atoms in total. The molecular weight excluding hydrogens is 429 g/mol. The molecule has 1 aromatic carbocycles. The molecule has 0 amide bonds. The first-order valence-corrected chi connectivity index (χ1v) is 10.4. The predicted molar refractivity (Wildman–Crippen MR) is 126 cm³/mol. The Morgan fingerprint density at radius 2 is 1.84 bits per heavy atom. The van der Waals surface area contributed by atoms with E-state index in [-0.39, 0.29) is 11.9 Å². The zero-order valence-corrected chi connectivity index (χ0v) is 19.2. The van der Waals surface area contributed by atoms with Gasteiger partial charge in [-0.2, -0.15) is 0 Å². The van der Waals surface area contributed by atoms with Gasteiger partial charge < -0.3 is 10.4 Å². The van der Waals surface area contributed by atoms with Crippen molar-refractivity contribution in [2.45, 2.75) is 39.3 Å². The number of hydrogen-bond donors (Lipinski definition) is 2. The largest absolute Gasteiger partial charge is 0.382 e. The molecule has 3 rings (SSSR count). The SMILES string of the molecule is C=Nc1cnc(-c2cnc(C(C)(C)O)nc2)cc1/C(N[C@@H](C)c1ccccc1F)=C(\C)Cl. The molecule has 0 aliphatic rings. The molecule has 8 heteroatoms. The number of nitrogens with zero attached hydrogens (tertiary/aromatic N) is 4. The number of benzene rings is 1. The van der Waals surface area contributed by atoms with E-state index in [0.717, 1.165) is 0 Å². The summed E-state index contributed by atoms with van der Waals surface area (Å²) in [6, 6.07) is 8.02. The highest BCUT2D eigenvalue weighted by atomic mass is 35.5. The van der Waals surface area contributed by atoms with Crippen molar-refractivity contribution in [3.8, 4) is 11.3 Å². The molecule has 0 saturated heterocycles. The third-order valence-electron chi connectivity index (χ3n) is 4.89. The number of hydrogen-bond acceptors (Lipinski definition) is 6. The molecule has 0 radical (unpaired) electrons. The predicted octanol–water partition coefficient (Wildman–Crippen LogP) is 5.52. The van der Waals surface area contributed by atoms with Gasteiger partial charge in [-0.3, -0.25) is 9.98 Å². The normalized spacial score (nSPS) is 13.3. The van der Waals surface area contributed by atoms with Gasteiger partial charge in [0, 0.05) is 34.1 Å². The Hall–Kier alpha value is -3.16. The smallest absolute Gasteiger partial charge is 0.159 e. The van der Waals surface area contributed by atoms with E-state index < -0.39 is 5.60 Å². The Balaban J connectivity index is 2.02. The number of aromatic nitrogens is 3. The van der Waals surface area contributed by atoms with E-state index in [4.69, 9.17) is 11.6 Å². The molecule has 0 saturated carbocycles. The summed E-state index contributed by atoms with van der Waals surface area (Å²) in [6.07, 6.45) is 4.77. The van der Waals surface area contributed by atoms with Crippen LogP contribution in [0.4, 0.5) is 10.1 Å². The van der Waals surface area contributed by atoms with Crippen molar-refractivity contribution in [2.75, 3.05) is 0 Å². The molecule has 32 heavy (non-hydrogen) atoms. The van der Waals surface area contributed by atoms with Crippen LogP contribution >= 0.6 is 11.6 Å². The molecule has 2 heterocycles. The Morgan fingerprint density at radius 1 is 1.19 bits per heavy atom. The molecule has 166 valence electrons. The Kier molecular flexibility index (Phi) is 7.01. The van der Waals surface area contributed by atoms with Gasteiger partial charge in [0.05, 0.1) is 29.3 Å². The third kappa shape index (κ3) is 5.18. The standard InChI is InChI=1S/C24H25ClFN5O/c1-14(25)22(31-15(2)17-8-6-7-9-19(17)26)18-10-20(28-13-21(18)27-5)16-11-29-23(30-12-16)24(3,4)32/h6-13,15,31-32H,5H2,1-4H3/b22-14-/t15-/m0/s1. The highest BCUT2D eigenvalue weighted by molar-refractivity contribution is 6.32. The maximum absolute atomic E-state index is 14.3. The minimum absolute atomic E-state index is 0.305. The molecule has 0 aliphatic heterocycles. The van der Waals surface area contributed by atoms with Crippen LogP contribution in [-0.4, -0.2) is 26.8 Å². The Bertz CT molecular complexity index is 1150. The minimum atomic E-state index is -1.15. The lowest BCUT2D eigenvalue weighted by Gasteiger charge is -2.21. The summed E-state index contributed by atoms with van der Waals surface area (Å²) in [7, 11) is 0. The van der Waals surface area contributed by atoms with Gasteiger partial charge in [-0.1, -0.05) is 29.8 Å². The van der Waals surface area contributed by atoms with Crippen molar-refractivity contribution in [1.29, 1.82) is 0 Å². The summed E-state index contributed by atoms with van der Waals surface area (Å²) in [5, 5.41) is 13.9. The molecule has 2 aromatic heterocycles. The lowest BCUT2D eigenvalue weighted by Crippen LogP contribution is -2.19. The minimum Gasteiger partial charge on any atom is -0.382 e. The van der Waals surface area contributed by atoms with Crippen LogP contribution in [0.2, 0.25) is 0 Å². The van der Waals surface area contributed by atoms with E-state index in [1.807, 2.05) is 6.92 Å². The summed E-state index contributed by atoms with van der Waals surface area (Å²) >= 11 is 6.44. The Morgan fingerprint density at radius 3 is 2.41 bits per heavy atom. The number of nitrogens with one attached hydrogen (secondary N) is 1. The summed E-state index contributed by atoms with van der Waals surface area (Å²) < 4.78 is 14.3. The number of allylic oxidation sites excluding steroid dienone is 1. The maximum Gasteiger partial charge on any atom is 0.159 e. The van der Waals surface area contributed by atoms with Gasteiger partial charge in [-0.25, -0.2) is 14.4 Å². The zero-order chi connectivity index (χ0) is 23.5. The molecular formula is C24H25ClFN5O. The molecule has 2 N–H and O–H groups in total. The van der Waals surface area contributed by atoms with E-state index in [1.54, 1.807) is 63.6 Å². The van der Waals surface area contributed by atoms with Crippen molar-refractivity contribution in [3.05, 3.63) is 76.7 Å². The van der Waals surface area contributed by atoms with Crippen molar-refractivity contribution < 1.29 is 9.50 Å². The van der Waals surface area contributed by atoms with E-state index in [9.17, 15) is 9.50 Å². The first-order chi connectivity index (χ1) is 15.1. The molecule has 0 unspecified atom stereocenters. The molecule has 1 atom stereocenters. The van der Waals surface area contributed by atoms with Crippen molar-refractivity contribution >= 4 is 29.7 Å². The quantitative estimate of drug-likeness (QED) is 0.460. The topological polar surface area (TPSA) is 83.3 Å². The average Bonchev–Trinajstić information content (AvgIpc) is 2.76. The maximum atomic E-state index is 14.3. The van der Waals surface area contributed by atoms with Gasteiger partial charge in [0.15, 0.2) is 5.82 Å². The van der Waals surface area contributed by atoms with E-state index in [1.165, 1.54) is 6.07 Å². The van der Waals surface area contributed by atoms with Crippen molar-refractivity contribution in [2.24, 2.45) is 4.99 Å². The number of halogens is 2. The molecule has 0 bridgehead atoms. The lowest BCUT2D eigenvalue weighted by molar-refractivity contribution is 0.0687. The van der Waals surface area contributed by atoms with Crippen molar-refractivity contribution in [1.82, 2.24) is 20.3 Å². The fourth-order valence-corrected chi connectivity index (χ4v) is 3.35. The number of rotatable bonds is 7. The highest BCUT2D eigenvalue weighted by Crippen LogP contribution is 2.33. The van der Waals surface area contributed by atoms with Crippen LogP contribution in [0.1, 0.15) is 50.7 Å². The molecule has 3 aromatic rings. The van der Waals surface area contributed by atoms with Crippen molar-refractivity contribution in [3.63, 3.8) is 0 Å². The van der Waals surface area contributed by atoms with Crippen LogP contribution in [-0.2, 0) is 5.60 Å². The van der Waals surface area contributed by atoms with Crippen LogP contribution in [0, 0.1) is 5.82 Å². The first kappa shape index (κ1) is 23.5. The summed E-state index contributed by atoms with van der Waals surface area (Å²) in [5.41, 5.74) is 2.38. The van der Waals surface area contributed by atoms with Crippen LogP contribution in [0.5, 0.6) is 0 Å². The van der Waals surface area contributed by atoms with Gasteiger partial charge in [-0.15, -0.1) is 0 Å². The summed E-state index contributed by atoms with van der Waals surface area (Å²) in [4.78, 5) is 17.0. The van der Waals surface area contributed by atoms with Gasteiger partial charge in [0.1, 0.15) is 11.4 Å². The van der Waals surface area contributed by atoms with E-state index in [2.05, 4.69) is 32.0 Å². The second-order valence-electron chi connectivity index (χ2n) is 7.90. The number of aliphatic imine (C=N–C) groups is 1. The Labute approximate surface area is 192 Å². The van der Waals surface area contributed by atoms with Crippen LogP contribution in [0.25, 0.3) is 17.0 Å². The average molecular weight is 454 g/mol. The number of pyridine rings is 1. The fraction of sp³-hybridized carbons (Fsp3) is 0.250. The van der Waals surface area contributed by atoms with Crippen LogP contribution in [0.15, 0.2) is 58.9 Å². The van der Waals surface area contributed by atoms with Gasteiger partial charge in [0.25, 0.3) is 0 Å². The molecule has 0 fully saturated rings. The summed E-state index contributed by atoms with van der Waals surface area (Å²) in [6.45, 7) is 10.5. The summed E-state index contributed by atoms with van der Waals surface area (Å²) in [5.74, 6) is 0.00373. The van der Waals surface area contributed by atoms with E-state index >= 15 is 0 Å². The molecule has 0 spiro atoms. The fourth-order valence-electron chi connectivity index (χ4n) is 3.19. The van der Waals surface area contributed by atoms with Crippen LogP contribution < -0.4 is 5.32 Å². The second-order valence-corrected chi connectivity index (χ2v) is 8.46. The van der Waals surface area contributed by atoms with Gasteiger partial charge in [-0.05, 0) is 46.5 Å². The first-order valence-electron chi connectivity index (χ1n) is 10.0. The van der Waals surface area contributed by atoms with Crippen LogP contribution in [0.3, 0.4) is 0 Å². The second kappa shape index (κ2) is 9.54. The van der Waals surface area contributed by atoms with Gasteiger partial charge in [0.2, 0.25) is 0 Å². The lowest BCUT2D eigenvalue weighted by atomic mass is 10.0. The highest BCUT2D eigenvalue weighted by Gasteiger charge is 2.20. The third-order valence-corrected chi connectivity index (χ3v) is 5.08. The molecule has 0 aliphatic carbocycles. The monoisotopic (exact) mass is 453 g/mol. The van der Waals surface area contributed by atoms with E-state index in [0.29, 0.717) is 44.6 Å². The number of aliphatic hydroxyl groups is 1. The zero-order valence-electron chi connectivity index (χ0n) is 18.4. The van der Waals surface area contributed by atoms with Gasteiger partial charge >= 0.3 is 0 Å².